The van der Waals surface area contributed by atoms with Crippen LogP contribution in [0.5, 0.6) is 11.8 Å². The molecule has 1 amide bonds. The van der Waals surface area contributed by atoms with E-state index in [4.69, 9.17) is 9.47 Å². The van der Waals surface area contributed by atoms with Crippen molar-refractivity contribution in [2.24, 2.45) is 5.92 Å². The molecule has 0 radical (unpaired) electrons. The van der Waals surface area contributed by atoms with Crippen molar-refractivity contribution < 1.29 is 22.7 Å². The van der Waals surface area contributed by atoms with Crippen LogP contribution in [0.2, 0.25) is 0 Å². The number of rotatable bonds is 5. The highest BCUT2D eigenvalue weighted by Crippen LogP contribution is 2.33. The van der Waals surface area contributed by atoms with Crippen LogP contribution < -0.4 is 13.8 Å². The largest absolute Gasteiger partial charge is 0.481 e. The normalized spacial score (nSPS) is 17.6. The van der Waals surface area contributed by atoms with Gasteiger partial charge >= 0.3 is 0 Å². The van der Waals surface area contributed by atoms with Gasteiger partial charge in [0.2, 0.25) is 27.7 Å². The molecule has 1 aromatic heterocycles. The van der Waals surface area contributed by atoms with Crippen LogP contribution in [-0.4, -0.2) is 39.8 Å². The zero-order valence-corrected chi connectivity index (χ0v) is 14.2. The Morgan fingerprint density at radius 1 is 1.26 bits per heavy atom. The van der Waals surface area contributed by atoms with E-state index in [-0.39, 0.29) is 23.4 Å². The Morgan fingerprint density at radius 2 is 2.00 bits per heavy atom. The van der Waals surface area contributed by atoms with Crippen LogP contribution in [0.1, 0.15) is 19.3 Å². The van der Waals surface area contributed by atoms with Gasteiger partial charge in [-0.25, -0.2) is 12.7 Å². The molecule has 0 saturated heterocycles. The molecule has 0 fully saturated rings. The molecule has 2 rings (SSSR count). The molecular weight excluding hydrogens is 320 g/mol. The molecule has 0 aliphatic heterocycles. The first-order chi connectivity index (χ1) is 10.9. The van der Waals surface area contributed by atoms with Crippen LogP contribution >= 0.6 is 0 Å². The lowest BCUT2D eigenvalue weighted by Crippen LogP contribution is -2.41. The van der Waals surface area contributed by atoms with Gasteiger partial charge in [-0.2, -0.15) is 4.98 Å². The predicted molar refractivity (Wildman–Crippen MR) is 86.2 cm³/mol. The molecule has 1 aliphatic rings. The van der Waals surface area contributed by atoms with Crippen LogP contribution in [0.15, 0.2) is 24.3 Å². The number of methoxy groups -OCH3 is 2. The van der Waals surface area contributed by atoms with Crippen LogP contribution in [0, 0.1) is 5.92 Å². The third-order valence-corrected chi connectivity index (χ3v) is 4.63. The number of sulfonamides is 1. The summed E-state index contributed by atoms with van der Waals surface area (Å²) in [6.07, 6.45) is 6.78. The van der Waals surface area contributed by atoms with Gasteiger partial charge in [0.1, 0.15) is 5.69 Å². The van der Waals surface area contributed by atoms with E-state index >= 15 is 0 Å². The minimum Gasteiger partial charge on any atom is -0.481 e. The first-order valence-electron chi connectivity index (χ1n) is 7.16. The molecule has 0 bridgehead atoms. The maximum Gasteiger partial charge on any atom is 0.244 e. The Balaban J connectivity index is 2.47. The quantitative estimate of drug-likeness (QED) is 0.759. The van der Waals surface area contributed by atoms with Crippen molar-refractivity contribution in [3.05, 3.63) is 24.3 Å². The van der Waals surface area contributed by atoms with Gasteiger partial charge in [0.25, 0.3) is 0 Å². The fourth-order valence-corrected chi connectivity index (χ4v) is 3.45. The molecule has 1 atom stereocenters. The third-order valence-electron chi connectivity index (χ3n) is 3.59. The van der Waals surface area contributed by atoms with Gasteiger partial charge in [-0.15, -0.1) is 0 Å². The van der Waals surface area contributed by atoms with E-state index in [9.17, 15) is 13.2 Å². The Morgan fingerprint density at radius 3 is 2.52 bits per heavy atom. The molecule has 8 heteroatoms. The van der Waals surface area contributed by atoms with Gasteiger partial charge in [-0.3, -0.25) is 4.79 Å². The Hall–Kier alpha value is -2.09. The first kappa shape index (κ1) is 17.3. The predicted octanol–water partition coefficient (Wildman–Crippen LogP) is 1.75. The number of pyridine rings is 1. The lowest BCUT2D eigenvalue weighted by molar-refractivity contribution is -0.121. The number of anilines is 1. The summed E-state index contributed by atoms with van der Waals surface area (Å²) in [5.74, 6) is -0.551. The molecular formula is C15H20N2O5S. The summed E-state index contributed by atoms with van der Waals surface area (Å²) in [4.78, 5) is 16.8. The van der Waals surface area contributed by atoms with Gasteiger partial charge in [0.05, 0.1) is 20.5 Å². The monoisotopic (exact) mass is 340 g/mol. The smallest absolute Gasteiger partial charge is 0.244 e. The number of hydrogen-bond donors (Lipinski definition) is 0. The molecule has 126 valence electrons. The van der Waals surface area contributed by atoms with Crippen molar-refractivity contribution in [3.63, 3.8) is 0 Å². The maximum absolute atomic E-state index is 12.8. The standard InChI is InChI=1S/C15H20N2O5S/c1-21-13-10-9-12(14(16-13)22-2)17(23(3,19)20)15(18)11-7-5-4-6-8-11/h4-5,9-11H,6-8H2,1-3H3. The van der Waals surface area contributed by atoms with Crippen molar-refractivity contribution in [3.8, 4) is 11.8 Å². The molecule has 1 aromatic rings. The van der Waals surface area contributed by atoms with Gasteiger partial charge in [0, 0.05) is 12.0 Å². The number of carbonyl (C=O) groups is 1. The summed E-state index contributed by atoms with van der Waals surface area (Å²) in [6.45, 7) is 0. The van der Waals surface area contributed by atoms with Gasteiger partial charge < -0.3 is 9.47 Å². The summed E-state index contributed by atoms with van der Waals surface area (Å²) in [6, 6.07) is 2.95. The molecule has 0 N–H and O–H groups in total. The fraction of sp³-hybridized carbons (Fsp3) is 0.467. The first-order valence-corrected chi connectivity index (χ1v) is 9.01. The highest BCUT2D eigenvalue weighted by atomic mass is 32.2. The minimum atomic E-state index is -3.82. The summed E-state index contributed by atoms with van der Waals surface area (Å²) >= 11 is 0. The van der Waals surface area contributed by atoms with Crippen molar-refractivity contribution in [2.75, 3.05) is 24.8 Å². The highest BCUT2D eigenvalue weighted by molar-refractivity contribution is 7.92. The van der Waals surface area contributed by atoms with Gasteiger partial charge in [-0.05, 0) is 25.3 Å². The average Bonchev–Trinajstić information content (AvgIpc) is 2.54. The summed E-state index contributed by atoms with van der Waals surface area (Å²) in [5.41, 5.74) is 0.0929. The van der Waals surface area contributed by atoms with E-state index in [0.29, 0.717) is 12.8 Å². The van der Waals surface area contributed by atoms with E-state index in [1.165, 1.54) is 26.4 Å². The number of carbonyl (C=O) groups excluding carboxylic acids is 1. The zero-order valence-electron chi connectivity index (χ0n) is 13.4. The SMILES string of the molecule is COc1ccc(N(C(=O)C2CC=CCC2)S(C)(=O)=O)c(OC)n1. The van der Waals surface area contributed by atoms with Crippen molar-refractivity contribution in [1.82, 2.24) is 4.98 Å². The minimum absolute atomic E-state index is 0.0227. The second kappa shape index (κ2) is 6.99. The van der Waals surface area contributed by atoms with Crippen molar-refractivity contribution in [2.45, 2.75) is 19.3 Å². The van der Waals surface area contributed by atoms with E-state index in [0.717, 1.165) is 17.0 Å². The number of ether oxygens (including phenoxy) is 2. The zero-order chi connectivity index (χ0) is 17.0. The molecule has 1 unspecified atom stereocenters. The second-order valence-corrected chi connectivity index (χ2v) is 7.06. The Labute approximate surface area is 136 Å². The molecule has 0 saturated carbocycles. The molecule has 7 nitrogen and oxygen atoms in total. The topological polar surface area (TPSA) is 85.8 Å². The lowest BCUT2D eigenvalue weighted by atomic mass is 9.93. The van der Waals surface area contributed by atoms with Crippen LogP contribution in [0.25, 0.3) is 0 Å². The number of allylic oxidation sites excluding steroid dienone is 2. The Bertz CT molecular complexity index is 715. The molecule has 23 heavy (non-hydrogen) atoms. The van der Waals surface area contributed by atoms with Crippen molar-refractivity contribution >= 4 is 21.6 Å². The van der Waals surface area contributed by atoms with E-state index in [1.807, 2.05) is 12.2 Å². The van der Waals surface area contributed by atoms with Crippen LogP contribution in [-0.2, 0) is 14.8 Å². The van der Waals surface area contributed by atoms with E-state index < -0.39 is 15.9 Å². The summed E-state index contributed by atoms with van der Waals surface area (Å²) in [5, 5.41) is 0. The number of aromatic nitrogens is 1. The third kappa shape index (κ3) is 3.82. The molecule has 1 heterocycles. The average molecular weight is 340 g/mol. The molecule has 1 aliphatic carbocycles. The van der Waals surface area contributed by atoms with E-state index in [2.05, 4.69) is 4.98 Å². The van der Waals surface area contributed by atoms with Gasteiger partial charge in [-0.1, -0.05) is 12.2 Å². The van der Waals surface area contributed by atoms with E-state index in [1.54, 1.807) is 0 Å². The summed E-state index contributed by atoms with van der Waals surface area (Å²) < 4.78 is 35.3. The van der Waals surface area contributed by atoms with Gasteiger partial charge in [0.15, 0.2) is 0 Å². The highest BCUT2D eigenvalue weighted by Gasteiger charge is 2.34. The number of nitrogens with zero attached hydrogens (tertiary/aromatic N) is 2. The van der Waals surface area contributed by atoms with Crippen LogP contribution in [0.4, 0.5) is 5.69 Å². The Kier molecular flexibility index (Phi) is 5.25. The van der Waals surface area contributed by atoms with Crippen molar-refractivity contribution in [1.29, 1.82) is 0 Å². The summed E-state index contributed by atoms with van der Waals surface area (Å²) in [7, 11) is -1.02. The molecule has 0 aromatic carbocycles. The van der Waals surface area contributed by atoms with Crippen LogP contribution in [0.3, 0.4) is 0 Å². The maximum atomic E-state index is 12.8. The lowest BCUT2D eigenvalue weighted by Gasteiger charge is -2.26. The number of hydrogen-bond acceptors (Lipinski definition) is 6. The molecule has 0 spiro atoms. The number of amides is 1. The second-order valence-electron chi connectivity index (χ2n) is 5.23. The fourth-order valence-electron chi connectivity index (χ4n) is 2.48.